The fourth-order valence-corrected chi connectivity index (χ4v) is 5.82. The number of benzene rings is 2. The van der Waals surface area contributed by atoms with Crippen LogP contribution in [-0.4, -0.2) is 31.5 Å². The zero-order valence-electron chi connectivity index (χ0n) is 16.0. The van der Waals surface area contributed by atoms with Crippen molar-refractivity contribution in [1.82, 2.24) is 0 Å². The highest BCUT2D eigenvalue weighted by molar-refractivity contribution is 14.1. The van der Waals surface area contributed by atoms with Gasteiger partial charge < -0.3 is 9.47 Å². The fraction of sp³-hybridized carbons (Fsp3) is 0.263. The molecule has 1 N–H and O–H groups in total. The minimum atomic E-state index is -4.42. The third kappa shape index (κ3) is 6.49. The summed E-state index contributed by atoms with van der Waals surface area (Å²) in [6, 6.07) is 6.23. The highest BCUT2D eigenvalue weighted by Gasteiger charge is 2.22. The van der Waals surface area contributed by atoms with Crippen LogP contribution in [0, 0.1) is 17.6 Å². The molecule has 0 unspecified atom stereocenters. The molecule has 2 rings (SSSR count). The Labute approximate surface area is 215 Å². The summed E-state index contributed by atoms with van der Waals surface area (Å²) in [5.41, 5.74) is 1.01. The molecule has 0 radical (unpaired) electrons. The van der Waals surface area contributed by atoms with Crippen molar-refractivity contribution in [3.8, 4) is 5.75 Å². The smallest absolute Gasteiger partial charge is 0.349 e. The molecule has 0 fully saturated rings. The molecule has 162 valence electrons. The van der Waals surface area contributed by atoms with E-state index >= 15 is 0 Å². The van der Waals surface area contributed by atoms with Crippen molar-refractivity contribution in [2.45, 2.75) is 31.6 Å². The normalized spacial score (nSPS) is 11.5. The summed E-state index contributed by atoms with van der Waals surface area (Å²) >= 11 is 6.24. The first-order valence-corrected chi connectivity index (χ1v) is 13.1. The van der Waals surface area contributed by atoms with Crippen LogP contribution in [0.25, 0.3) is 0 Å². The summed E-state index contributed by atoms with van der Waals surface area (Å²) in [6.45, 7) is 4.44. The second-order valence-electron chi connectivity index (χ2n) is 6.58. The van der Waals surface area contributed by atoms with Gasteiger partial charge in [-0.15, -0.1) is 0 Å². The molecule has 11 heteroatoms. The van der Waals surface area contributed by atoms with Gasteiger partial charge in [-0.25, -0.2) is 9.59 Å². The van der Waals surface area contributed by atoms with Gasteiger partial charge in [0.2, 0.25) is 0 Å². The van der Waals surface area contributed by atoms with Crippen LogP contribution in [0.4, 0.5) is 0 Å². The Morgan fingerprint density at radius 1 is 1.10 bits per heavy atom. The summed E-state index contributed by atoms with van der Waals surface area (Å²) in [5, 5.41) is 0. The molecule has 0 spiro atoms. The molecule has 0 amide bonds. The van der Waals surface area contributed by atoms with E-state index in [9.17, 15) is 22.6 Å². The second-order valence-corrected chi connectivity index (χ2v) is 11.5. The predicted octanol–water partition coefficient (Wildman–Crippen LogP) is 4.94. The summed E-state index contributed by atoms with van der Waals surface area (Å²) in [7, 11) is -4.42. The van der Waals surface area contributed by atoms with Gasteiger partial charge in [0.05, 0.1) is 10.5 Å². The summed E-state index contributed by atoms with van der Waals surface area (Å²) < 4.78 is 45.5. The van der Waals surface area contributed by atoms with Gasteiger partial charge in [-0.2, -0.15) is 8.42 Å². The van der Waals surface area contributed by atoms with E-state index in [1.54, 1.807) is 26.8 Å². The molecule has 0 atom stereocenters. The Morgan fingerprint density at radius 3 is 2.30 bits per heavy atom. The van der Waals surface area contributed by atoms with Gasteiger partial charge in [-0.05, 0) is 116 Å². The first-order chi connectivity index (χ1) is 13.8. The SMILES string of the molecule is Cc1cc(S(=O)(=O)O)c(C(C)C)cc1OC(=O)COC(=O)c1cc(I)cc(I)c1I. The van der Waals surface area contributed by atoms with Crippen LogP contribution in [-0.2, 0) is 19.6 Å². The average Bonchev–Trinajstić information content (AvgIpc) is 2.63. The molecule has 0 aliphatic heterocycles. The van der Waals surface area contributed by atoms with Gasteiger partial charge in [0.15, 0.2) is 6.61 Å². The van der Waals surface area contributed by atoms with Crippen LogP contribution >= 0.6 is 67.8 Å². The number of aryl methyl sites for hydroxylation is 1. The molecule has 0 aliphatic rings. The Hall–Kier alpha value is -0.520. The summed E-state index contributed by atoms with van der Waals surface area (Å²) in [6.07, 6.45) is 0. The molecular formula is C19H17I3O7S. The van der Waals surface area contributed by atoms with Gasteiger partial charge in [-0.1, -0.05) is 13.8 Å². The third-order valence-corrected chi connectivity index (χ3v) is 8.54. The van der Waals surface area contributed by atoms with Gasteiger partial charge in [-0.3, -0.25) is 4.55 Å². The van der Waals surface area contributed by atoms with E-state index in [0.29, 0.717) is 16.7 Å². The Morgan fingerprint density at radius 2 is 1.73 bits per heavy atom. The standard InChI is InChI=1S/C19H17I3O7S/c1-9(2)12-7-15(10(3)4-16(12)30(25,26)27)29-17(23)8-28-19(24)13-5-11(20)6-14(21)18(13)22/h4-7,9H,8H2,1-3H3,(H,25,26,27). The second kappa shape index (κ2) is 10.4. The van der Waals surface area contributed by atoms with Gasteiger partial charge >= 0.3 is 11.9 Å². The van der Waals surface area contributed by atoms with Gasteiger partial charge in [0, 0.05) is 10.7 Å². The number of hydrogen-bond donors (Lipinski definition) is 1. The zero-order chi connectivity index (χ0) is 22.8. The molecule has 2 aromatic carbocycles. The van der Waals surface area contributed by atoms with Crippen LogP contribution in [0.2, 0.25) is 0 Å². The Kier molecular flexibility index (Phi) is 8.92. The Bertz CT molecular complexity index is 1110. The topological polar surface area (TPSA) is 107 Å². The van der Waals surface area contributed by atoms with E-state index in [4.69, 9.17) is 9.47 Å². The molecule has 7 nitrogen and oxygen atoms in total. The maximum absolute atomic E-state index is 12.4. The maximum atomic E-state index is 12.4. The van der Waals surface area contributed by atoms with Crippen molar-refractivity contribution in [3.05, 3.63) is 51.7 Å². The monoisotopic (exact) mass is 770 g/mol. The quantitative estimate of drug-likeness (QED) is 0.146. The van der Waals surface area contributed by atoms with E-state index in [0.717, 1.165) is 10.7 Å². The van der Waals surface area contributed by atoms with Crippen LogP contribution in [0.1, 0.15) is 41.3 Å². The van der Waals surface area contributed by atoms with E-state index in [2.05, 4.69) is 45.2 Å². The molecule has 2 aromatic rings. The van der Waals surface area contributed by atoms with Gasteiger partial charge in [0.25, 0.3) is 10.1 Å². The number of hydrogen-bond acceptors (Lipinski definition) is 6. The lowest BCUT2D eigenvalue weighted by Crippen LogP contribution is -2.20. The number of carbonyl (C=O) groups is 2. The first kappa shape index (κ1) is 25.7. The fourth-order valence-electron chi connectivity index (χ4n) is 2.52. The van der Waals surface area contributed by atoms with Crippen molar-refractivity contribution in [2.75, 3.05) is 6.61 Å². The van der Waals surface area contributed by atoms with Gasteiger partial charge in [0.1, 0.15) is 5.75 Å². The first-order valence-electron chi connectivity index (χ1n) is 8.45. The lowest BCUT2D eigenvalue weighted by Gasteiger charge is -2.15. The highest BCUT2D eigenvalue weighted by atomic mass is 127. The molecule has 0 aromatic heterocycles. The van der Waals surface area contributed by atoms with E-state index in [1.807, 2.05) is 28.7 Å². The van der Waals surface area contributed by atoms with Crippen LogP contribution in [0.3, 0.4) is 0 Å². The lowest BCUT2D eigenvalue weighted by molar-refractivity contribution is -0.137. The number of carbonyl (C=O) groups excluding carboxylic acids is 2. The minimum absolute atomic E-state index is 0.130. The molecular weight excluding hydrogens is 753 g/mol. The largest absolute Gasteiger partial charge is 0.450 e. The maximum Gasteiger partial charge on any atom is 0.349 e. The van der Waals surface area contributed by atoms with Crippen molar-refractivity contribution in [2.24, 2.45) is 0 Å². The van der Waals surface area contributed by atoms with E-state index in [-0.39, 0.29) is 16.6 Å². The molecule has 0 bridgehead atoms. The summed E-state index contributed by atoms with van der Waals surface area (Å²) in [4.78, 5) is 24.3. The van der Waals surface area contributed by atoms with E-state index in [1.165, 1.54) is 12.1 Å². The van der Waals surface area contributed by atoms with Crippen molar-refractivity contribution in [3.63, 3.8) is 0 Å². The molecule has 0 heterocycles. The van der Waals surface area contributed by atoms with Crippen molar-refractivity contribution >= 4 is 89.8 Å². The highest BCUT2D eigenvalue weighted by Crippen LogP contribution is 2.31. The third-order valence-electron chi connectivity index (χ3n) is 3.97. The number of ether oxygens (including phenoxy) is 2. The van der Waals surface area contributed by atoms with Crippen LogP contribution in [0.5, 0.6) is 5.75 Å². The average molecular weight is 770 g/mol. The lowest BCUT2D eigenvalue weighted by atomic mass is 10.0. The molecule has 0 saturated carbocycles. The van der Waals surface area contributed by atoms with E-state index < -0.39 is 28.7 Å². The number of esters is 2. The predicted molar refractivity (Wildman–Crippen MR) is 136 cm³/mol. The minimum Gasteiger partial charge on any atom is -0.450 e. The number of rotatable bonds is 6. The number of halogens is 3. The zero-order valence-corrected chi connectivity index (χ0v) is 23.3. The Balaban J connectivity index is 2.17. The molecule has 0 saturated heterocycles. The molecule has 30 heavy (non-hydrogen) atoms. The van der Waals surface area contributed by atoms with Crippen LogP contribution < -0.4 is 4.74 Å². The van der Waals surface area contributed by atoms with Crippen molar-refractivity contribution < 1.29 is 32.0 Å². The summed E-state index contributed by atoms with van der Waals surface area (Å²) in [5.74, 6) is -1.57. The van der Waals surface area contributed by atoms with Crippen molar-refractivity contribution in [1.29, 1.82) is 0 Å². The van der Waals surface area contributed by atoms with Crippen LogP contribution in [0.15, 0.2) is 29.2 Å². The molecule has 0 aliphatic carbocycles.